The summed E-state index contributed by atoms with van der Waals surface area (Å²) in [6.07, 6.45) is 1.50. The van der Waals surface area contributed by atoms with Gasteiger partial charge in [0.05, 0.1) is 63.2 Å². The Bertz CT molecular complexity index is 2310. The van der Waals surface area contributed by atoms with Crippen molar-refractivity contribution in [3.8, 4) is 23.3 Å². The number of nitrogens with zero attached hydrogens (tertiary/aromatic N) is 4. The van der Waals surface area contributed by atoms with E-state index in [2.05, 4.69) is 25.7 Å². The number of ether oxygens (including phenoxy) is 5. The number of carbonyl (C=O) groups is 2. The van der Waals surface area contributed by atoms with Crippen molar-refractivity contribution < 1.29 is 38.2 Å². The number of esters is 2. The predicted octanol–water partition coefficient (Wildman–Crippen LogP) is 4.87. The minimum Gasteiger partial charge on any atom is -0.490 e. The van der Waals surface area contributed by atoms with Crippen LogP contribution in [0.5, 0.6) is 17.2 Å². The van der Waals surface area contributed by atoms with Crippen molar-refractivity contribution in [1.29, 1.82) is 5.26 Å². The number of nitro groups is 1. The maximum absolute atomic E-state index is 14.2. The third kappa shape index (κ3) is 8.06. The van der Waals surface area contributed by atoms with Gasteiger partial charge < -0.3 is 23.7 Å². The summed E-state index contributed by atoms with van der Waals surface area (Å²) in [6.45, 7) is 5.06. The van der Waals surface area contributed by atoms with Crippen molar-refractivity contribution in [2.45, 2.75) is 33.4 Å². The summed E-state index contributed by atoms with van der Waals surface area (Å²) in [6, 6.07) is 15.4. The summed E-state index contributed by atoms with van der Waals surface area (Å²) in [5.41, 5.74) is 1.61. The molecule has 0 fully saturated rings. The molecule has 16 heteroatoms. The van der Waals surface area contributed by atoms with Crippen LogP contribution in [0.25, 0.3) is 6.08 Å². The van der Waals surface area contributed by atoms with E-state index in [1.807, 2.05) is 6.07 Å². The van der Waals surface area contributed by atoms with E-state index in [0.717, 1.165) is 11.3 Å². The lowest BCUT2D eigenvalue weighted by Crippen LogP contribution is -2.40. The minimum atomic E-state index is -0.995. The zero-order valence-electron chi connectivity index (χ0n) is 28.3. The molecule has 0 amide bonds. The Morgan fingerprint density at radius 1 is 1.08 bits per heavy atom. The fraction of sp³-hybridized carbons (Fsp3) is 0.250. The van der Waals surface area contributed by atoms with E-state index in [1.54, 1.807) is 69.3 Å². The van der Waals surface area contributed by atoms with Crippen molar-refractivity contribution in [1.82, 2.24) is 4.57 Å². The fourth-order valence-electron chi connectivity index (χ4n) is 5.33. The second-order valence-corrected chi connectivity index (χ2v) is 12.9. The second-order valence-electron chi connectivity index (χ2n) is 11.0. The van der Waals surface area contributed by atoms with E-state index >= 15 is 0 Å². The van der Waals surface area contributed by atoms with Gasteiger partial charge in [-0.1, -0.05) is 29.5 Å². The Morgan fingerprint density at radius 3 is 2.48 bits per heavy atom. The zero-order valence-corrected chi connectivity index (χ0v) is 30.7. The van der Waals surface area contributed by atoms with Gasteiger partial charge >= 0.3 is 17.6 Å². The van der Waals surface area contributed by atoms with Gasteiger partial charge in [-0.2, -0.15) is 5.26 Å². The number of hydrogen-bond donors (Lipinski definition) is 0. The number of rotatable bonds is 13. The maximum Gasteiger partial charge on any atom is 0.343 e. The number of nitriles is 1. The van der Waals surface area contributed by atoms with Crippen molar-refractivity contribution in [3.05, 3.63) is 122 Å². The van der Waals surface area contributed by atoms with Gasteiger partial charge in [0, 0.05) is 6.07 Å². The number of nitro benzene ring substituents is 1. The maximum atomic E-state index is 14.2. The molecule has 1 aromatic heterocycles. The number of fused-ring (bicyclic) bond motifs is 1. The highest BCUT2D eigenvalue weighted by Gasteiger charge is 2.34. The van der Waals surface area contributed by atoms with Crippen molar-refractivity contribution >= 4 is 51.0 Å². The molecule has 0 spiro atoms. The van der Waals surface area contributed by atoms with Crippen LogP contribution in [0.15, 0.2) is 80.1 Å². The van der Waals surface area contributed by atoms with Crippen LogP contribution in [0.2, 0.25) is 0 Å². The summed E-state index contributed by atoms with van der Waals surface area (Å²) >= 11 is 4.44. The number of thiazole rings is 1. The van der Waals surface area contributed by atoms with Crippen LogP contribution in [0, 0.1) is 21.4 Å². The van der Waals surface area contributed by atoms with Gasteiger partial charge in [-0.15, -0.1) is 0 Å². The molecule has 0 aliphatic carbocycles. The second kappa shape index (κ2) is 16.5. The van der Waals surface area contributed by atoms with Crippen molar-refractivity contribution in [2.75, 3.05) is 26.9 Å². The Hall–Kier alpha value is -5.79. The molecule has 5 rings (SSSR count). The van der Waals surface area contributed by atoms with Crippen LogP contribution < -0.4 is 29.1 Å². The Balaban J connectivity index is 1.59. The smallest absolute Gasteiger partial charge is 0.343 e. The van der Waals surface area contributed by atoms with Crippen LogP contribution in [-0.4, -0.2) is 48.4 Å². The SMILES string of the molecule is CCOC(=O)C1=C(C)N=c2s/c(=C/c3cc(Br)c(OCc4ccc(C#N)cc4)c([N+](=O)[O-])c3)c(=O)n2[C@@H]1c1ccc(OCC(=O)OC)c(OCC)c1. The number of hydrogen-bond acceptors (Lipinski definition) is 13. The predicted molar refractivity (Wildman–Crippen MR) is 192 cm³/mol. The topological polar surface area (TPSA) is 182 Å². The molecule has 2 heterocycles. The van der Waals surface area contributed by atoms with Crippen molar-refractivity contribution in [2.24, 2.45) is 4.99 Å². The standard InChI is InChI=1S/C36H31BrN4O10S/c1-5-48-28-16-24(11-12-27(28)50-19-30(42)47-4)32-31(35(44)49-6-2)20(3)39-36-40(32)34(43)29(52-36)15-23-13-25(37)33(26(14-23)41(45)46)51-18-22-9-7-21(17-38)8-10-22/h7-16,32H,5-6,18-19H2,1-4H3/b29-15+/t32-/m1/s1. The molecule has 3 aromatic carbocycles. The normalized spacial score (nSPS) is 13.8. The summed E-state index contributed by atoms with van der Waals surface area (Å²) in [7, 11) is 1.24. The Kier molecular flexibility index (Phi) is 11.9. The number of carbonyl (C=O) groups excluding carboxylic acids is 2. The largest absolute Gasteiger partial charge is 0.490 e. The molecule has 0 unspecified atom stereocenters. The molecule has 14 nitrogen and oxygen atoms in total. The van der Waals surface area contributed by atoms with E-state index < -0.39 is 28.5 Å². The molecule has 1 atom stereocenters. The summed E-state index contributed by atoms with van der Waals surface area (Å²) < 4.78 is 29.1. The Morgan fingerprint density at radius 2 is 1.83 bits per heavy atom. The molecule has 1 aliphatic heterocycles. The zero-order chi connectivity index (χ0) is 37.5. The highest BCUT2D eigenvalue weighted by molar-refractivity contribution is 9.10. The lowest BCUT2D eigenvalue weighted by atomic mass is 9.95. The van der Waals surface area contributed by atoms with E-state index in [9.17, 15) is 24.5 Å². The van der Waals surface area contributed by atoms with Gasteiger partial charge in [0.2, 0.25) is 5.75 Å². The highest BCUT2D eigenvalue weighted by atomic mass is 79.9. The molecular weight excluding hydrogens is 760 g/mol. The third-order valence-electron chi connectivity index (χ3n) is 7.68. The lowest BCUT2D eigenvalue weighted by Gasteiger charge is -2.25. The average molecular weight is 792 g/mol. The van der Waals surface area contributed by atoms with Crippen molar-refractivity contribution in [3.63, 3.8) is 0 Å². The monoisotopic (exact) mass is 790 g/mol. The van der Waals surface area contributed by atoms with Crippen LogP contribution in [0.1, 0.15) is 49.1 Å². The first-order chi connectivity index (χ1) is 25.0. The summed E-state index contributed by atoms with van der Waals surface area (Å²) in [4.78, 5) is 55.8. The molecule has 0 saturated heterocycles. The summed E-state index contributed by atoms with van der Waals surface area (Å²) in [5, 5.41) is 21.2. The molecular formula is C36H31BrN4O10S. The number of benzene rings is 3. The number of aromatic nitrogens is 1. The van der Waals surface area contributed by atoms with E-state index in [-0.39, 0.29) is 68.7 Å². The number of allylic oxidation sites excluding steroid dienone is 1. The first-order valence-corrected chi connectivity index (χ1v) is 17.4. The molecule has 0 bridgehead atoms. The minimum absolute atomic E-state index is 0.00760. The van der Waals surface area contributed by atoms with Gasteiger partial charge in [-0.05, 0) is 89.8 Å². The quantitative estimate of drug-likeness (QED) is 0.102. The first kappa shape index (κ1) is 37.5. The van der Waals surface area contributed by atoms with E-state index in [4.69, 9.17) is 24.2 Å². The number of methoxy groups -OCH3 is 1. The van der Waals surface area contributed by atoms with E-state index in [1.165, 1.54) is 23.8 Å². The third-order valence-corrected chi connectivity index (χ3v) is 9.25. The molecule has 52 heavy (non-hydrogen) atoms. The van der Waals surface area contributed by atoms with Crippen LogP contribution in [-0.2, 0) is 25.7 Å². The van der Waals surface area contributed by atoms with Gasteiger partial charge in [0.15, 0.2) is 22.9 Å². The average Bonchev–Trinajstić information content (AvgIpc) is 3.43. The van der Waals surface area contributed by atoms with Crippen LogP contribution >= 0.6 is 27.3 Å². The molecule has 4 aromatic rings. The molecule has 268 valence electrons. The van der Waals surface area contributed by atoms with Gasteiger partial charge in [0.25, 0.3) is 5.56 Å². The summed E-state index contributed by atoms with van der Waals surface area (Å²) in [5.74, 6) is -0.750. The van der Waals surface area contributed by atoms with Gasteiger partial charge in [0.1, 0.15) is 6.61 Å². The molecule has 0 radical (unpaired) electrons. The fourth-order valence-corrected chi connectivity index (χ4v) is 6.96. The van der Waals surface area contributed by atoms with Crippen LogP contribution in [0.3, 0.4) is 0 Å². The molecule has 0 N–H and O–H groups in total. The molecule has 1 aliphatic rings. The van der Waals surface area contributed by atoms with E-state index in [0.29, 0.717) is 28.0 Å². The Labute approximate surface area is 309 Å². The van der Waals surface area contributed by atoms with Crippen LogP contribution in [0.4, 0.5) is 5.69 Å². The lowest BCUT2D eigenvalue weighted by molar-refractivity contribution is -0.386. The van der Waals surface area contributed by atoms with Gasteiger partial charge in [-0.25, -0.2) is 14.6 Å². The first-order valence-electron chi connectivity index (χ1n) is 15.7. The molecule has 0 saturated carbocycles. The number of halogens is 1. The van der Waals surface area contributed by atoms with Gasteiger partial charge in [-0.3, -0.25) is 19.5 Å². The highest BCUT2D eigenvalue weighted by Crippen LogP contribution is 2.38.